The second-order valence-electron chi connectivity index (χ2n) is 4.40. The normalized spacial score (nSPS) is 13.7. The molecule has 2 heterocycles. The van der Waals surface area contributed by atoms with E-state index in [1.165, 1.54) is 17.4 Å². The number of hydrogen-bond acceptors (Lipinski definition) is 4. The number of anilines is 1. The molecule has 21 heavy (non-hydrogen) atoms. The van der Waals surface area contributed by atoms with Crippen molar-refractivity contribution in [3.05, 3.63) is 50.4 Å². The maximum absolute atomic E-state index is 13.6. The summed E-state index contributed by atoms with van der Waals surface area (Å²) in [5, 5.41) is 1.74. The molecule has 1 amide bonds. The number of rotatable bonds is 3. The molecule has 0 bridgehead atoms. The number of carbonyl (C=O) groups is 3. The summed E-state index contributed by atoms with van der Waals surface area (Å²) in [6.07, 6.45) is 0. The summed E-state index contributed by atoms with van der Waals surface area (Å²) in [6.45, 7) is -0.279. The van der Waals surface area contributed by atoms with Gasteiger partial charge in [0.15, 0.2) is 5.78 Å². The minimum absolute atomic E-state index is 0.104. The molecular weight excluding hydrogens is 361 g/mol. The van der Waals surface area contributed by atoms with E-state index in [1.807, 2.05) is 0 Å². The zero-order valence-corrected chi connectivity index (χ0v) is 12.8. The molecule has 2 aromatic rings. The monoisotopic (exact) mass is 367 g/mol. The van der Waals surface area contributed by atoms with Crippen LogP contribution in [0.2, 0.25) is 0 Å². The molecule has 0 aliphatic carbocycles. The number of benzene rings is 1. The summed E-state index contributed by atoms with van der Waals surface area (Å²) in [5.74, 6) is -2.43. The van der Waals surface area contributed by atoms with Crippen LogP contribution < -0.4 is 4.90 Å². The number of amides is 1. The summed E-state index contributed by atoms with van der Waals surface area (Å²) >= 11 is 4.23. The number of fused-ring (bicyclic) bond motifs is 1. The third-order valence-corrected chi connectivity index (χ3v) is 4.63. The second kappa shape index (κ2) is 5.16. The van der Waals surface area contributed by atoms with Gasteiger partial charge in [-0.2, -0.15) is 0 Å². The highest BCUT2D eigenvalue weighted by molar-refractivity contribution is 9.10. The molecule has 0 saturated heterocycles. The first-order valence-electron chi connectivity index (χ1n) is 5.91. The Morgan fingerprint density at radius 1 is 1.33 bits per heavy atom. The number of hydrogen-bond donors (Lipinski definition) is 0. The minimum atomic E-state index is -0.813. The van der Waals surface area contributed by atoms with Gasteiger partial charge in [0.05, 0.1) is 27.1 Å². The van der Waals surface area contributed by atoms with Gasteiger partial charge in [-0.15, -0.1) is 11.3 Å². The van der Waals surface area contributed by atoms with Gasteiger partial charge in [-0.3, -0.25) is 19.3 Å². The Balaban J connectivity index is 1.98. The van der Waals surface area contributed by atoms with E-state index in [-0.39, 0.29) is 28.1 Å². The fourth-order valence-electron chi connectivity index (χ4n) is 2.10. The van der Waals surface area contributed by atoms with Gasteiger partial charge in [-0.1, -0.05) is 6.07 Å². The van der Waals surface area contributed by atoms with Crippen LogP contribution in [-0.2, 0) is 4.79 Å². The first kappa shape index (κ1) is 14.1. The third kappa shape index (κ3) is 2.32. The Morgan fingerprint density at radius 2 is 2.10 bits per heavy atom. The standard InChI is InChI=1S/C14H7BrFNO3S/c15-8-4-7-10(5-9(8)16)17(14(20)13(7)19)6-11(18)12-2-1-3-21-12/h1-5H,6H2. The molecule has 4 nitrogen and oxygen atoms in total. The van der Waals surface area contributed by atoms with Gasteiger partial charge in [0.1, 0.15) is 5.82 Å². The number of ketones is 2. The molecule has 3 rings (SSSR count). The van der Waals surface area contributed by atoms with E-state index < -0.39 is 17.5 Å². The summed E-state index contributed by atoms with van der Waals surface area (Å²) < 4.78 is 13.7. The highest BCUT2D eigenvalue weighted by atomic mass is 79.9. The first-order chi connectivity index (χ1) is 9.99. The van der Waals surface area contributed by atoms with E-state index in [4.69, 9.17) is 0 Å². The van der Waals surface area contributed by atoms with Crippen LogP contribution in [0.4, 0.5) is 10.1 Å². The average Bonchev–Trinajstić information content (AvgIpc) is 3.05. The van der Waals surface area contributed by atoms with Gasteiger partial charge < -0.3 is 0 Å². The van der Waals surface area contributed by atoms with Crippen LogP contribution >= 0.6 is 27.3 Å². The predicted molar refractivity (Wildman–Crippen MR) is 79.4 cm³/mol. The van der Waals surface area contributed by atoms with E-state index in [2.05, 4.69) is 15.9 Å². The first-order valence-corrected chi connectivity index (χ1v) is 7.58. The molecule has 0 fully saturated rings. The van der Waals surface area contributed by atoms with E-state index in [0.29, 0.717) is 4.88 Å². The maximum Gasteiger partial charge on any atom is 0.299 e. The van der Waals surface area contributed by atoms with Crippen LogP contribution in [0.5, 0.6) is 0 Å². The molecule has 7 heteroatoms. The van der Waals surface area contributed by atoms with Crippen LogP contribution in [0.15, 0.2) is 34.1 Å². The molecule has 0 atom stereocenters. The lowest BCUT2D eigenvalue weighted by molar-refractivity contribution is -0.114. The van der Waals surface area contributed by atoms with Crippen molar-refractivity contribution in [2.75, 3.05) is 11.4 Å². The number of nitrogens with zero attached hydrogens (tertiary/aromatic N) is 1. The molecule has 106 valence electrons. The Labute approximate surface area is 131 Å². The van der Waals surface area contributed by atoms with Crippen LogP contribution in [-0.4, -0.2) is 24.0 Å². The molecule has 0 radical (unpaired) electrons. The number of Topliss-reactive ketones (excluding diaryl/α,β-unsaturated/α-hetero) is 2. The zero-order chi connectivity index (χ0) is 15.1. The molecule has 1 aromatic heterocycles. The zero-order valence-electron chi connectivity index (χ0n) is 10.4. The van der Waals surface area contributed by atoms with Crippen molar-refractivity contribution in [1.82, 2.24) is 0 Å². The lowest BCUT2D eigenvalue weighted by atomic mass is 10.1. The fourth-order valence-corrected chi connectivity index (χ4v) is 3.10. The molecule has 0 saturated carbocycles. The van der Waals surface area contributed by atoms with Gasteiger partial charge >= 0.3 is 0 Å². The van der Waals surface area contributed by atoms with Crippen molar-refractivity contribution < 1.29 is 18.8 Å². The lowest BCUT2D eigenvalue weighted by Gasteiger charge is -2.15. The van der Waals surface area contributed by atoms with Crippen molar-refractivity contribution in [3.63, 3.8) is 0 Å². The van der Waals surface area contributed by atoms with E-state index in [9.17, 15) is 18.8 Å². The van der Waals surface area contributed by atoms with Crippen molar-refractivity contribution in [1.29, 1.82) is 0 Å². The molecule has 1 aliphatic rings. The van der Waals surface area contributed by atoms with Crippen LogP contribution in [0, 0.1) is 5.82 Å². The fraction of sp³-hybridized carbons (Fsp3) is 0.0714. The van der Waals surface area contributed by atoms with Crippen molar-refractivity contribution in [2.45, 2.75) is 0 Å². The summed E-state index contributed by atoms with van der Waals surface area (Å²) in [4.78, 5) is 37.5. The molecule has 0 unspecified atom stereocenters. The van der Waals surface area contributed by atoms with Crippen LogP contribution in [0.25, 0.3) is 0 Å². The minimum Gasteiger partial charge on any atom is -0.297 e. The summed E-state index contributed by atoms with van der Waals surface area (Å²) in [6, 6.07) is 5.71. The molecular formula is C14H7BrFNO3S. The quantitative estimate of drug-likeness (QED) is 0.618. The molecule has 1 aliphatic heterocycles. The van der Waals surface area contributed by atoms with Gasteiger partial charge in [0.25, 0.3) is 11.7 Å². The van der Waals surface area contributed by atoms with Gasteiger partial charge in [0.2, 0.25) is 0 Å². The van der Waals surface area contributed by atoms with Crippen LogP contribution in [0.3, 0.4) is 0 Å². The lowest BCUT2D eigenvalue weighted by Crippen LogP contribution is -2.34. The SMILES string of the molecule is O=C(CN1C(=O)C(=O)c2cc(Br)c(F)cc21)c1cccs1. The van der Waals surface area contributed by atoms with Crippen molar-refractivity contribution in [2.24, 2.45) is 0 Å². The predicted octanol–water partition coefficient (Wildman–Crippen LogP) is 3.06. The number of carbonyl (C=O) groups excluding carboxylic acids is 3. The molecule has 0 spiro atoms. The summed E-state index contributed by atoms with van der Waals surface area (Å²) in [5.41, 5.74) is 0.239. The highest BCUT2D eigenvalue weighted by Crippen LogP contribution is 2.33. The smallest absolute Gasteiger partial charge is 0.297 e. The van der Waals surface area contributed by atoms with E-state index in [0.717, 1.165) is 11.0 Å². The Kier molecular flexibility index (Phi) is 3.46. The van der Waals surface area contributed by atoms with Gasteiger partial charge in [-0.25, -0.2) is 4.39 Å². The third-order valence-electron chi connectivity index (χ3n) is 3.11. The Morgan fingerprint density at radius 3 is 2.76 bits per heavy atom. The average molecular weight is 368 g/mol. The van der Waals surface area contributed by atoms with E-state index in [1.54, 1.807) is 17.5 Å². The van der Waals surface area contributed by atoms with Gasteiger partial charge in [-0.05, 0) is 39.5 Å². The Bertz CT molecular complexity index is 773. The second-order valence-corrected chi connectivity index (χ2v) is 6.21. The van der Waals surface area contributed by atoms with Crippen LogP contribution in [0.1, 0.15) is 20.0 Å². The van der Waals surface area contributed by atoms with Gasteiger partial charge in [0, 0.05) is 0 Å². The Hall–Kier alpha value is -1.86. The summed E-state index contributed by atoms with van der Waals surface area (Å²) in [7, 11) is 0. The number of thiophene rings is 1. The van der Waals surface area contributed by atoms with E-state index >= 15 is 0 Å². The largest absolute Gasteiger partial charge is 0.299 e. The van der Waals surface area contributed by atoms with Crippen molar-refractivity contribution >= 4 is 50.4 Å². The van der Waals surface area contributed by atoms with Crippen molar-refractivity contribution in [3.8, 4) is 0 Å². The molecule has 1 aromatic carbocycles. The topological polar surface area (TPSA) is 54.5 Å². The highest BCUT2D eigenvalue weighted by Gasteiger charge is 2.37. The molecule has 0 N–H and O–H groups in total. The maximum atomic E-state index is 13.6. The number of halogens is 2.